The zero-order valence-electron chi connectivity index (χ0n) is 29.9. The minimum absolute atomic E-state index is 0.00953. The maximum Gasteiger partial charge on any atom is 0.528 e. The highest BCUT2D eigenvalue weighted by molar-refractivity contribution is 6.11. The summed E-state index contributed by atoms with van der Waals surface area (Å²) < 4.78 is 52.0. The van der Waals surface area contributed by atoms with Crippen molar-refractivity contribution < 1.29 is 61.6 Å². The molecule has 3 aromatic rings. The van der Waals surface area contributed by atoms with Crippen molar-refractivity contribution in [3.63, 3.8) is 0 Å². The lowest BCUT2D eigenvalue weighted by Gasteiger charge is -2.29. The monoisotopic (exact) mass is 726 g/mol. The van der Waals surface area contributed by atoms with Crippen LogP contribution < -0.4 is 19.5 Å². The van der Waals surface area contributed by atoms with Gasteiger partial charge in [0.25, 0.3) is 5.91 Å². The summed E-state index contributed by atoms with van der Waals surface area (Å²) in [7, 11) is 4.30. The van der Waals surface area contributed by atoms with Crippen LogP contribution in [0.25, 0.3) is 0 Å². The van der Waals surface area contributed by atoms with Crippen LogP contribution >= 0.6 is 0 Å². The molecule has 0 unspecified atom stereocenters. The van der Waals surface area contributed by atoms with Gasteiger partial charge in [-0.05, 0) is 76.1 Å². The third-order valence-electron chi connectivity index (χ3n) is 7.59. The Morgan fingerprint density at radius 1 is 0.846 bits per heavy atom. The number of ether oxygens (including phenoxy) is 7. The van der Waals surface area contributed by atoms with E-state index in [2.05, 4.69) is 5.32 Å². The number of carbonyl (C=O) groups is 4. The molecule has 1 aliphatic rings. The van der Waals surface area contributed by atoms with Crippen molar-refractivity contribution in [2.45, 2.75) is 51.4 Å². The van der Waals surface area contributed by atoms with E-state index in [0.717, 1.165) is 6.07 Å². The fourth-order valence-corrected chi connectivity index (χ4v) is 5.21. The third-order valence-corrected chi connectivity index (χ3v) is 7.59. The molecule has 52 heavy (non-hydrogen) atoms. The Morgan fingerprint density at radius 3 is 2.15 bits per heavy atom. The molecule has 0 radical (unpaired) electrons. The minimum atomic E-state index is -0.924. The number of hydrogen-bond donors (Lipinski definition) is 1. The van der Waals surface area contributed by atoms with Crippen molar-refractivity contribution in [1.29, 1.82) is 0 Å². The van der Waals surface area contributed by atoms with Gasteiger partial charge in [-0.3, -0.25) is 9.59 Å². The van der Waals surface area contributed by atoms with Gasteiger partial charge < -0.3 is 43.3 Å². The average Bonchev–Trinajstić information content (AvgIpc) is 3.29. The highest BCUT2D eigenvalue weighted by atomic mass is 19.1. The topological polar surface area (TPSA) is 157 Å². The summed E-state index contributed by atoms with van der Waals surface area (Å²) in [6.45, 7) is 5.11. The molecule has 1 amide bonds. The molecule has 0 aliphatic carbocycles. The maximum absolute atomic E-state index is 14.7. The second kappa shape index (κ2) is 18.3. The second-order valence-electron chi connectivity index (χ2n) is 12.6. The quantitative estimate of drug-likeness (QED) is 0.130. The number of benzene rings is 3. The molecule has 2 atom stereocenters. The Hall–Kier alpha value is -5.25. The lowest BCUT2D eigenvalue weighted by atomic mass is 10.0. The number of nitrogens with one attached hydrogen (secondary N) is 1. The molecule has 1 N–H and O–H groups in total. The molecule has 3 aromatic carbocycles. The fourth-order valence-electron chi connectivity index (χ4n) is 5.21. The first kappa shape index (κ1) is 39.5. The van der Waals surface area contributed by atoms with E-state index in [0.29, 0.717) is 24.3 Å². The predicted octanol–water partition coefficient (Wildman–Crippen LogP) is 5.32. The smallest absolute Gasteiger partial charge is 0.493 e. The molecular weight excluding hydrogens is 683 g/mol. The summed E-state index contributed by atoms with van der Waals surface area (Å²) in [6.07, 6.45) is -1.07. The molecule has 4 rings (SSSR count). The van der Waals surface area contributed by atoms with Crippen LogP contribution in [-0.4, -0.2) is 94.6 Å². The number of halogens is 1. The predicted molar refractivity (Wildman–Crippen MR) is 183 cm³/mol. The zero-order chi connectivity index (χ0) is 37.8. The van der Waals surface area contributed by atoms with Crippen molar-refractivity contribution >= 4 is 23.8 Å². The van der Waals surface area contributed by atoms with Gasteiger partial charge in [0, 0.05) is 31.9 Å². The molecule has 280 valence electrons. The van der Waals surface area contributed by atoms with E-state index in [-0.39, 0.29) is 54.7 Å². The van der Waals surface area contributed by atoms with Crippen LogP contribution in [0.15, 0.2) is 60.7 Å². The first-order valence-electron chi connectivity index (χ1n) is 16.4. The summed E-state index contributed by atoms with van der Waals surface area (Å²) in [5.74, 6) is -2.03. The fraction of sp³-hybridized carbons (Fsp3) is 0.405. The lowest BCUT2D eigenvalue weighted by Crippen LogP contribution is -2.50. The number of nitrogens with zero attached hydrogens (tertiary/aromatic N) is 1. The van der Waals surface area contributed by atoms with Gasteiger partial charge in [0.15, 0.2) is 30.9 Å². The van der Waals surface area contributed by atoms with E-state index in [4.69, 9.17) is 38.0 Å². The van der Waals surface area contributed by atoms with E-state index < -0.39 is 47.4 Å². The summed E-state index contributed by atoms with van der Waals surface area (Å²) in [4.78, 5) is 58.2. The van der Waals surface area contributed by atoms with Crippen LogP contribution in [0.2, 0.25) is 0 Å². The van der Waals surface area contributed by atoms with Crippen LogP contribution in [0, 0.1) is 5.82 Å². The van der Waals surface area contributed by atoms with E-state index in [1.807, 2.05) is 0 Å². The summed E-state index contributed by atoms with van der Waals surface area (Å²) >= 11 is 0. The molecular formula is C37H43FN2O12. The number of ketones is 1. The van der Waals surface area contributed by atoms with Gasteiger partial charge in [-0.2, -0.15) is 0 Å². The lowest BCUT2D eigenvalue weighted by molar-refractivity contribution is -0.144. The van der Waals surface area contributed by atoms with E-state index in [1.165, 1.54) is 74.9 Å². The largest absolute Gasteiger partial charge is 0.528 e. The summed E-state index contributed by atoms with van der Waals surface area (Å²) in [5, 5.41) is 4.25. The van der Waals surface area contributed by atoms with Crippen LogP contribution in [0.4, 0.5) is 9.18 Å². The van der Waals surface area contributed by atoms with Gasteiger partial charge in [0.2, 0.25) is 0 Å². The van der Waals surface area contributed by atoms with E-state index >= 15 is 0 Å². The van der Waals surface area contributed by atoms with Gasteiger partial charge in [0.05, 0.1) is 25.3 Å². The summed E-state index contributed by atoms with van der Waals surface area (Å²) in [6, 6.07) is 13.2. The number of rotatable bonds is 14. The van der Waals surface area contributed by atoms with E-state index in [9.17, 15) is 23.6 Å². The molecule has 0 aromatic heterocycles. The molecule has 0 bridgehead atoms. The van der Waals surface area contributed by atoms with Crippen molar-refractivity contribution in [3.05, 3.63) is 88.7 Å². The standard InChI is InChI=1S/C37H43FN2O12/c1-37(2,3)51-36(44)52-40-18-8-11-28(27(20-40)39-34(42)25-16-17-29(48-21-45-4)31(19-25)47-6)50-35(43)24-14-12-23(13-15-24)33(41)32-26(38)9-7-10-30(32)49-22-46-5/h7,9-10,12-17,19,27-28H,8,11,18,20-22H2,1-6H3,(H,39,42)/t27-,28-/m1/s1. The SMILES string of the molecule is COCOc1ccc(C(=O)N[C@@H]2CN(OC(=O)OC(C)(C)C)CCC[C@H]2OC(=O)c2ccc(C(=O)c3c(F)cccc3OCOC)cc2)cc1OC. The number of carbonyl (C=O) groups excluding carboxylic acids is 4. The van der Waals surface area contributed by atoms with Gasteiger partial charge in [-0.25, -0.2) is 14.0 Å². The minimum Gasteiger partial charge on any atom is -0.493 e. The Morgan fingerprint density at radius 2 is 1.50 bits per heavy atom. The first-order valence-corrected chi connectivity index (χ1v) is 16.4. The normalized spacial score (nSPS) is 16.2. The Labute approximate surface area is 300 Å². The van der Waals surface area contributed by atoms with Gasteiger partial charge in [-0.1, -0.05) is 18.2 Å². The number of hydrogen-bond acceptors (Lipinski definition) is 13. The summed E-state index contributed by atoms with van der Waals surface area (Å²) in [5.41, 5.74) is -0.648. The third kappa shape index (κ3) is 10.9. The molecule has 15 heteroatoms. The molecule has 14 nitrogen and oxygen atoms in total. The van der Waals surface area contributed by atoms with Crippen molar-refractivity contribution in [1.82, 2.24) is 10.4 Å². The number of amides is 1. The highest BCUT2D eigenvalue weighted by Gasteiger charge is 2.34. The first-order chi connectivity index (χ1) is 24.8. The van der Waals surface area contributed by atoms with Crippen molar-refractivity contribution in [2.24, 2.45) is 0 Å². The number of esters is 1. The zero-order valence-corrected chi connectivity index (χ0v) is 29.9. The molecule has 1 heterocycles. The second-order valence-corrected chi connectivity index (χ2v) is 12.6. The van der Waals surface area contributed by atoms with Crippen molar-refractivity contribution in [2.75, 3.05) is 48.0 Å². The highest BCUT2D eigenvalue weighted by Crippen LogP contribution is 2.29. The van der Waals surface area contributed by atoms with Crippen LogP contribution in [0.3, 0.4) is 0 Å². The van der Waals surface area contributed by atoms with E-state index in [1.54, 1.807) is 26.8 Å². The van der Waals surface area contributed by atoms with Crippen molar-refractivity contribution in [3.8, 4) is 17.2 Å². The Bertz CT molecular complexity index is 1710. The maximum atomic E-state index is 14.7. The molecule has 1 fully saturated rings. The van der Waals surface area contributed by atoms with Crippen LogP contribution in [0.1, 0.15) is 70.3 Å². The molecule has 0 spiro atoms. The number of hydroxylamine groups is 2. The Kier molecular flexibility index (Phi) is 13.9. The number of methoxy groups -OCH3 is 3. The van der Waals surface area contributed by atoms with Gasteiger partial charge in [-0.15, -0.1) is 5.06 Å². The Balaban J connectivity index is 1.54. The van der Waals surface area contributed by atoms with Crippen LogP contribution in [0.5, 0.6) is 17.2 Å². The van der Waals surface area contributed by atoms with Gasteiger partial charge >= 0.3 is 12.1 Å². The average molecular weight is 727 g/mol. The van der Waals surface area contributed by atoms with Gasteiger partial charge in [0.1, 0.15) is 28.8 Å². The molecule has 1 aliphatic heterocycles. The molecule has 1 saturated heterocycles. The molecule has 0 saturated carbocycles. The van der Waals surface area contributed by atoms with Crippen LogP contribution in [-0.2, 0) is 23.8 Å².